The van der Waals surface area contributed by atoms with E-state index >= 15 is 0 Å². The Morgan fingerprint density at radius 3 is 1.07 bits per heavy atom. The normalized spacial score (nSPS) is 11.4. The highest BCUT2D eigenvalue weighted by Crippen LogP contribution is 2.49. The van der Waals surface area contributed by atoms with Gasteiger partial charge >= 0.3 is 0 Å². The van der Waals surface area contributed by atoms with Gasteiger partial charge < -0.3 is 19.7 Å². The molecule has 0 atom stereocenters. The molecule has 0 aromatic heterocycles. The van der Waals surface area contributed by atoms with Crippen LogP contribution in [-0.4, -0.2) is 10.2 Å². The third kappa shape index (κ3) is 4.72. The van der Waals surface area contributed by atoms with Gasteiger partial charge in [0.25, 0.3) is 0 Å². The number of benzene rings is 8. The van der Waals surface area contributed by atoms with Crippen LogP contribution in [0.25, 0.3) is 54.2 Å². The third-order valence-electron chi connectivity index (χ3n) is 8.72. The minimum absolute atomic E-state index is 0.156. The zero-order valence-electron chi connectivity index (χ0n) is 25.0. The lowest BCUT2D eigenvalue weighted by Gasteiger charge is -2.22. The van der Waals surface area contributed by atoms with Gasteiger partial charge in [-0.05, 0) is 44.5 Å². The van der Waals surface area contributed by atoms with Gasteiger partial charge in [-0.25, -0.2) is 0 Å². The first-order valence-electron chi connectivity index (χ1n) is 15.4. The van der Waals surface area contributed by atoms with Gasteiger partial charge in [0.05, 0.1) is 13.2 Å². The van der Waals surface area contributed by atoms with Crippen molar-refractivity contribution >= 4 is 43.1 Å². The molecule has 8 rings (SSSR count). The number of rotatable bonds is 7. The molecule has 0 aliphatic carbocycles. The molecule has 0 radical (unpaired) electrons. The van der Waals surface area contributed by atoms with E-state index in [1.807, 2.05) is 109 Å². The topological polar surface area (TPSA) is 58.9 Å². The fraction of sp³-hybridized carbons (Fsp3) is 0.0476. The van der Waals surface area contributed by atoms with E-state index in [1.54, 1.807) is 0 Å². The Balaban J connectivity index is 1.43. The standard InChI is InChI=1S/C42H30O4/c43-25-31-19-17-29-11-3-7-15-35(29)41(31)45-37-23-21-27-9-1-5-13-33(27)39(37)40-34-14-6-2-10-28(34)22-24-38(40)46-42-32(26-44)20-18-30-12-4-8-16-36(30)42/h1-24,43-44H,25-26H2. The molecule has 8 aromatic rings. The van der Waals surface area contributed by atoms with Crippen molar-refractivity contribution < 1.29 is 19.7 Å². The van der Waals surface area contributed by atoms with E-state index in [-0.39, 0.29) is 13.2 Å². The highest BCUT2D eigenvalue weighted by atomic mass is 16.5. The van der Waals surface area contributed by atoms with Gasteiger partial charge in [0.1, 0.15) is 23.0 Å². The average Bonchev–Trinajstić information content (AvgIpc) is 3.12. The van der Waals surface area contributed by atoms with Crippen LogP contribution >= 0.6 is 0 Å². The number of fused-ring (bicyclic) bond motifs is 4. The maximum atomic E-state index is 10.4. The van der Waals surface area contributed by atoms with Crippen LogP contribution < -0.4 is 9.47 Å². The minimum Gasteiger partial charge on any atom is -0.456 e. The maximum absolute atomic E-state index is 10.4. The monoisotopic (exact) mass is 598 g/mol. The smallest absolute Gasteiger partial charge is 0.140 e. The van der Waals surface area contributed by atoms with E-state index in [2.05, 4.69) is 36.4 Å². The molecule has 0 saturated heterocycles. The summed E-state index contributed by atoms with van der Waals surface area (Å²) in [6, 6.07) is 48.6. The van der Waals surface area contributed by atoms with E-state index in [1.165, 1.54) is 0 Å². The lowest BCUT2D eigenvalue weighted by Crippen LogP contribution is -1.99. The van der Waals surface area contributed by atoms with Crippen molar-refractivity contribution in [2.45, 2.75) is 13.2 Å². The molecule has 8 aromatic carbocycles. The molecular formula is C42H30O4. The van der Waals surface area contributed by atoms with Crippen molar-refractivity contribution in [2.24, 2.45) is 0 Å². The van der Waals surface area contributed by atoms with Crippen molar-refractivity contribution in [1.29, 1.82) is 0 Å². The molecule has 0 fully saturated rings. The van der Waals surface area contributed by atoms with Crippen LogP contribution in [0, 0.1) is 0 Å². The molecule has 0 aliphatic heterocycles. The summed E-state index contributed by atoms with van der Waals surface area (Å²) in [5.74, 6) is 2.53. The molecule has 46 heavy (non-hydrogen) atoms. The zero-order chi connectivity index (χ0) is 31.0. The molecule has 0 amide bonds. The molecule has 0 heterocycles. The Labute approximate surface area is 266 Å². The van der Waals surface area contributed by atoms with Crippen LogP contribution in [0.1, 0.15) is 11.1 Å². The van der Waals surface area contributed by atoms with Gasteiger partial charge in [-0.1, -0.05) is 133 Å². The maximum Gasteiger partial charge on any atom is 0.140 e. The summed E-state index contributed by atoms with van der Waals surface area (Å²) in [4.78, 5) is 0. The molecule has 222 valence electrons. The minimum atomic E-state index is -0.156. The average molecular weight is 599 g/mol. The molecule has 2 N–H and O–H groups in total. The van der Waals surface area contributed by atoms with Crippen LogP contribution in [-0.2, 0) is 13.2 Å². The summed E-state index contributed by atoms with van der Waals surface area (Å²) in [5, 5.41) is 28.8. The first kappa shape index (κ1) is 27.8. The molecule has 4 heteroatoms. The first-order valence-corrected chi connectivity index (χ1v) is 15.4. The predicted molar refractivity (Wildman–Crippen MR) is 187 cm³/mol. The van der Waals surface area contributed by atoms with E-state index in [4.69, 9.17) is 9.47 Å². The lowest BCUT2D eigenvalue weighted by atomic mass is 9.92. The molecule has 0 bridgehead atoms. The number of aliphatic hydroxyl groups is 2. The Bertz CT molecular complexity index is 2240. The second-order valence-corrected chi connectivity index (χ2v) is 11.4. The molecular weight excluding hydrogens is 568 g/mol. The van der Waals surface area contributed by atoms with E-state index in [0.29, 0.717) is 34.1 Å². The van der Waals surface area contributed by atoms with Crippen molar-refractivity contribution in [1.82, 2.24) is 0 Å². The largest absolute Gasteiger partial charge is 0.456 e. The number of hydrogen-bond acceptors (Lipinski definition) is 4. The fourth-order valence-electron chi connectivity index (χ4n) is 6.48. The van der Waals surface area contributed by atoms with Gasteiger partial charge in [-0.15, -0.1) is 0 Å². The SMILES string of the molecule is OCc1ccc2ccccc2c1Oc1ccc2ccccc2c1-c1c(Oc2c(CO)ccc3ccccc23)ccc2ccccc12. The second kappa shape index (κ2) is 11.7. The highest BCUT2D eigenvalue weighted by Gasteiger charge is 2.22. The van der Waals surface area contributed by atoms with Gasteiger partial charge in [0, 0.05) is 33.0 Å². The zero-order valence-corrected chi connectivity index (χ0v) is 25.0. The van der Waals surface area contributed by atoms with E-state index in [9.17, 15) is 10.2 Å². The van der Waals surface area contributed by atoms with E-state index < -0.39 is 0 Å². The summed E-state index contributed by atoms with van der Waals surface area (Å²) >= 11 is 0. The number of aliphatic hydroxyl groups excluding tert-OH is 2. The molecule has 4 nitrogen and oxygen atoms in total. The predicted octanol–water partition coefficient (Wildman–Crippen LogP) is 10.5. The van der Waals surface area contributed by atoms with Gasteiger partial charge in [0.2, 0.25) is 0 Å². The molecule has 0 saturated carbocycles. The summed E-state index contributed by atoms with van der Waals surface area (Å²) in [6.07, 6.45) is 0. The second-order valence-electron chi connectivity index (χ2n) is 11.4. The van der Waals surface area contributed by atoms with Crippen LogP contribution in [0.2, 0.25) is 0 Å². The number of ether oxygens (including phenoxy) is 2. The summed E-state index contributed by atoms with van der Waals surface area (Å²) < 4.78 is 13.8. The molecule has 0 spiro atoms. The van der Waals surface area contributed by atoms with Crippen LogP contribution in [0.4, 0.5) is 0 Å². The molecule has 0 aliphatic rings. The Hall–Kier alpha value is -5.68. The summed E-state index contributed by atoms with van der Waals surface area (Å²) in [6.45, 7) is -0.312. The number of hydrogen-bond donors (Lipinski definition) is 2. The van der Waals surface area contributed by atoms with Crippen LogP contribution in [0.5, 0.6) is 23.0 Å². The van der Waals surface area contributed by atoms with Crippen LogP contribution in [0.15, 0.2) is 146 Å². The highest BCUT2D eigenvalue weighted by molar-refractivity contribution is 6.10. The van der Waals surface area contributed by atoms with Crippen molar-refractivity contribution in [3.05, 3.63) is 157 Å². The molecule has 0 unspecified atom stereocenters. The van der Waals surface area contributed by atoms with Crippen LogP contribution in [0.3, 0.4) is 0 Å². The fourth-order valence-corrected chi connectivity index (χ4v) is 6.48. The van der Waals surface area contributed by atoms with Crippen molar-refractivity contribution in [3.8, 4) is 34.1 Å². The summed E-state index contributed by atoms with van der Waals surface area (Å²) in [7, 11) is 0. The Morgan fingerprint density at radius 2 is 0.674 bits per heavy atom. The van der Waals surface area contributed by atoms with Gasteiger partial charge in [-0.2, -0.15) is 0 Å². The van der Waals surface area contributed by atoms with Crippen molar-refractivity contribution in [2.75, 3.05) is 0 Å². The van der Waals surface area contributed by atoms with E-state index in [0.717, 1.165) is 54.2 Å². The Morgan fingerprint density at radius 1 is 0.348 bits per heavy atom. The quantitative estimate of drug-likeness (QED) is 0.192. The van der Waals surface area contributed by atoms with Gasteiger partial charge in [-0.3, -0.25) is 0 Å². The van der Waals surface area contributed by atoms with Crippen molar-refractivity contribution in [3.63, 3.8) is 0 Å². The third-order valence-corrected chi connectivity index (χ3v) is 8.72. The Kier molecular flexibility index (Phi) is 7.07. The first-order chi connectivity index (χ1) is 22.7. The lowest BCUT2D eigenvalue weighted by molar-refractivity contribution is 0.276. The van der Waals surface area contributed by atoms with Gasteiger partial charge in [0.15, 0.2) is 0 Å². The summed E-state index contributed by atoms with van der Waals surface area (Å²) in [5.41, 5.74) is 3.17.